The summed E-state index contributed by atoms with van der Waals surface area (Å²) in [6, 6.07) is 6.13. The summed E-state index contributed by atoms with van der Waals surface area (Å²) in [5, 5.41) is 0. The van der Waals surface area contributed by atoms with E-state index < -0.39 is 0 Å². The number of anilines is 1. The molecule has 92 valence electrons. The molecule has 2 rings (SSSR count). The van der Waals surface area contributed by atoms with Gasteiger partial charge in [0.15, 0.2) is 0 Å². The quantitative estimate of drug-likeness (QED) is 0.866. The van der Waals surface area contributed by atoms with Crippen LogP contribution >= 0.6 is 15.9 Å². The van der Waals surface area contributed by atoms with Gasteiger partial charge in [-0.15, -0.1) is 0 Å². The van der Waals surface area contributed by atoms with E-state index in [0.717, 1.165) is 22.1 Å². The Balaban J connectivity index is 2.50. The highest BCUT2D eigenvalue weighted by Crippen LogP contribution is 2.37. The zero-order valence-electron chi connectivity index (χ0n) is 10.1. The number of nitrogens with two attached hydrogens (primary N) is 1. The number of amides is 1. The van der Waals surface area contributed by atoms with Crippen LogP contribution in [0.2, 0.25) is 0 Å². The van der Waals surface area contributed by atoms with Gasteiger partial charge in [0, 0.05) is 28.7 Å². The molecule has 4 heteroatoms. The van der Waals surface area contributed by atoms with E-state index in [1.807, 2.05) is 30.0 Å². The third-order valence-corrected chi connectivity index (χ3v) is 3.75. The second-order valence-electron chi connectivity index (χ2n) is 4.51. The standard InChI is InChI=1S/C13H17BrN2O/c1-3-13(17)16-8(2)6-11(15)10-7-9(14)4-5-12(10)16/h4-5,7-8,11H,3,6,15H2,1-2H3. The topological polar surface area (TPSA) is 46.3 Å². The van der Waals surface area contributed by atoms with Gasteiger partial charge in [-0.1, -0.05) is 22.9 Å². The first-order valence-corrected chi connectivity index (χ1v) is 6.71. The number of hydrogen-bond acceptors (Lipinski definition) is 2. The van der Waals surface area contributed by atoms with Gasteiger partial charge in [-0.05, 0) is 37.1 Å². The van der Waals surface area contributed by atoms with Crippen LogP contribution in [0, 0.1) is 0 Å². The molecule has 0 saturated heterocycles. The molecule has 1 aromatic rings. The maximum absolute atomic E-state index is 12.0. The summed E-state index contributed by atoms with van der Waals surface area (Å²) in [4.78, 5) is 13.9. The normalized spacial score (nSPS) is 23.4. The van der Waals surface area contributed by atoms with Crippen molar-refractivity contribution in [3.8, 4) is 0 Å². The molecule has 1 aliphatic rings. The van der Waals surface area contributed by atoms with Gasteiger partial charge in [0.25, 0.3) is 0 Å². The Morgan fingerprint density at radius 2 is 2.29 bits per heavy atom. The van der Waals surface area contributed by atoms with Crippen molar-refractivity contribution in [3.63, 3.8) is 0 Å². The van der Waals surface area contributed by atoms with E-state index >= 15 is 0 Å². The van der Waals surface area contributed by atoms with E-state index in [1.54, 1.807) is 0 Å². The van der Waals surface area contributed by atoms with Crippen molar-refractivity contribution in [2.75, 3.05) is 4.90 Å². The molecule has 0 radical (unpaired) electrons. The number of benzene rings is 1. The van der Waals surface area contributed by atoms with E-state index in [2.05, 4.69) is 22.9 Å². The van der Waals surface area contributed by atoms with Gasteiger partial charge < -0.3 is 10.6 Å². The van der Waals surface area contributed by atoms with Gasteiger partial charge in [-0.25, -0.2) is 0 Å². The fraction of sp³-hybridized carbons (Fsp3) is 0.462. The largest absolute Gasteiger partial charge is 0.324 e. The third-order valence-electron chi connectivity index (χ3n) is 3.26. The minimum Gasteiger partial charge on any atom is -0.324 e. The Morgan fingerprint density at radius 1 is 1.59 bits per heavy atom. The van der Waals surface area contributed by atoms with Crippen molar-refractivity contribution in [2.24, 2.45) is 5.73 Å². The Bertz CT molecular complexity index is 447. The predicted molar refractivity (Wildman–Crippen MR) is 72.9 cm³/mol. The Labute approximate surface area is 110 Å². The van der Waals surface area contributed by atoms with Crippen molar-refractivity contribution in [1.29, 1.82) is 0 Å². The van der Waals surface area contributed by atoms with E-state index in [0.29, 0.717) is 6.42 Å². The molecule has 1 aromatic carbocycles. The highest BCUT2D eigenvalue weighted by Gasteiger charge is 2.31. The zero-order chi connectivity index (χ0) is 12.6. The number of carbonyl (C=O) groups excluding carboxylic acids is 1. The Hall–Kier alpha value is -0.870. The third kappa shape index (κ3) is 2.24. The first-order chi connectivity index (χ1) is 8.04. The fourth-order valence-corrected chi connectivity index (χ4v) is 2.81. The maximum Gasteiger partial charge on any atom is 0.226 e. The second-order valence-corrected chi connectivity index (χ2v) is 5.43. The van der Waals surface area contributed by atoms with Crippen LogP contribution < -0.4 is 10.6 Å². The van der Waals surface area contributed by atoms with Gasteiger partial charge >= 0.3 is 0 Å². The van der Waals surface area contributed by atoms with Gasteiger partial charge in [-0.3, -0.25) is 4.79 Å². The van der Waals surface area contributed by atoms with Crippen molar-refractivity contribution in [3.05, 3.63) is 28.2 Å². The molecule has 0 fully saturated rings. The van der Waals surface area contributed by atoms with Crippen LogP contribution in [0.3, 0.4) is 0 Å². The van der Waals surface area contributed by atoms with Gasteiger partial charge in [0.05, 0.1) is 0 Å². The number of halogens is 1. The number of rotatable bonds is 1. The summed E-state index contributed by atoms with van der Waals surface area (Å²) in [6.45, 7) is 3.94. The predicted octanol–water partition coefficient (Wildman–Crippen LogP) is 2.98. The van der Waals surface area contributed by atoms with Crippen LogP contribution in [0.25, 0.3) is 0 Å². The smallest absolute Gasteiger partial charge is 0.226 e. The minimum absolute atomic E-state index is 0.0124. The molecule has 17 heavy (non-hydrogen) atoms. The highest BCUT2D eigenvalue weighted by atomic mass is 79.9. The van der Waals surface area contributed by atoms with Gasteiger partial charge in [0.1, 0.15) is 0 Å². The monoisotopic (exact) mass is 296 g/mol. The number of fused-ring (bicyclic) bond motifs is 1. The molecule has 2 atom stereocenters. The van der Waals surface area contributed by atoms with Crippen molar-refractivity contribution in [1.82, 2.24) is 0 Å². The van der Waals surface area contributed by atoms with Crippen molar-refractivity contribution >= 4 is 27.5 Å². The molecule has 0 spiro atoms. The lowest BCUT2D eigenvalue weighted by atomic mass is 9.92. The van der Waals surface area contributed by atoms with Crippen LogP contribution in [0.15, 0.2) is 22.7 Å². The van der Waals surface area contributed by atoms with Crippen molar-refractivity contribution in [2.45, 2.75) is 38.8 Å². The SMILES string of the molecule is CCC(=O)N1c2ccc(Br)cc2C(N)CC1C. The van der Waals surface area contributed by atoms with Crippen LogP contribution in [0.5, 0.6) is 0 Å². The summed E-state index contributed by atoms with van der Waals surface area (Å²) in [7, 11) is 0. The maximum atomic E-state index is 12.0. The second kappa shape index (κ2) is 4.78. The zero-order valence-corrected chi connectivity index (χ0v) is 11.7. The van der Waals surface area contributed by atoms with Gasteiger partial charge in [0.2, 0.25) is 5.91 Å². The van der Waals surface area contributed by atoms with E-state index in [4.69, 9.17) is 5.73 Å². The number of nitrogens with zero attached hydrogens (tertiary/aromatic N) is 1. The molecule has 2 N–H and O–H groups in total. The molecule has 3 nitrogen and oxygen atoms in total. The molecule has 0 bridgehead atoms. The summed E-state index contributed by atoms with van der Waals surface area (Å²) >= 11 is 3.45. The first-order valence-electron chi connectivity index (χ1n) is 5.91. The molecule has 0 saturated carbocycles. The molecule has 1 amide bonds. The highest BCUT2D eigenvalue weighted by molar-refractivity contribution is 9.10. The first kappa shape index (κ1) is 12.6. The molecular formula is C13H17BrN2O. The van der Waals surface area contributed by atoms with Crippen LogP contribution in [-0.2, 0) is 4.79 Å². The average molecular weight is 297 g/mol. The van der Waals surface area contributed by atoms with Gasteiger partial charge in [-0.2, -0.15) is 0 Å². The molecule has 0 aromatic heterocycles. The van der Waals surface area contributed by atoms with Crippen LogP contribution in [0.4, 0.5) is 5.69 Å². The van der Waals surface area contributed by atoms with E-state index in [9.17, 15) is 4.79 Å². The Morgan fingerprint density at radius 3 is 2.94 bits per heavy atom. The molecule has 1 aliphatic heterocycles. The van der Waals surface area contributed by atoms with E-state index in [1.165, 1.54) is 0 Å². The lowest BCUT2D eigenvalue weighted by Crippen LogP contribution is -2.44. The summed E-state index contributed by atoms with van der Waals surface area (Å²) in [5.74, 6) is 0.160. The lowest BCUT2D eigenvalue weighted by molar-refractivity contribution is -0.118. The average Bonchev–Trinajstić information content (AvgIpc) is 2.29. The van der Waals surface area contributed by atoms with Crippen LogP contribution in [0.1, 0.15) is 38.3 Å². The molecule has 0 aliphatic carbocycles. The number of hydrogen-bond donors (Lipinski definition) is 1. The van der Waals surface area contributed by atoms with Crippen molar-refractivity contribution < 1.29 is 4.79 Å². The summed E-state index contributed by atoms with van der Waals surface area (Å²) < 4.78 is 1.00. The molecule has 2 unspecified atom stereocenters. The van der Waals surface area contributed by atoms with E-state index in [-0.39, 0.29) is 18.0 Å². The summed E-state index contributed by atoms with van der Waals surface area (Å²) in [5.41, 5.74) is 8.17. The lowest BCUT2D eigenvalue weighted by Gasteiger charge is -2.38. The Kier molecular flexibility index (Phi) is 3.54. The fourth-order valence-electron chi connectivity index (χ4n) is 2.43. The minimum atomic E-state index is 0.0124. The molecule has 1 heterocycles. The number of carbonyl (C=O) groups is 1. The summed E-state index contributed by atoms with van der Waals surface area (Å²) in [6.07, 6.45) is 1.34. The van der Waals surface area contributed by atoms with Crippen LogP contribution in [-0.4, -0.2) is 11.9 Å². The molecular weight excluding hydrogens is 280 g/mol.